The summed E-state index contributed by atoms with van der Waals surface area (Å²) in [6, 6.07) is 11.6. The van der Waals surface area contributed by atoms with Crippen molar-refractivity contribution in [3.63, 3.8) is 0 Å². The highest BCUT2D eigenvalue weighted by Crippen LogP contribution is 2.14. The number of carbonyl (C=O) groups excluding carboxylic acids is 1. The summed E-state index contributed by atoms with van der Waals surface area (Å²) in [5.74, 6) is -0.0462. The Morgan fingerprint density at radius 2 is 1.81 bits per heavy atom. The van der Waals surface area contributed by atoms with Crippen LogP contribution in [0.2, 0.25) is 0 Å². The van der Waals surface area contributed by atoms with Gasteiger partial charge in [-0.05, 0) is 24.4 Å². The number of benzene rings is 1. The van der Waals surface area contributed by atoms with E-state index in [9.17, 15) is 9.59 Å². The van der Waals surface area contributed by atoms with E-state index in [1.807, 2.05) is 30.0 Å². The van der Waals surface area contributed by atoms with Crippen LogP contribution in [0.5, 0.6) is 0 Å². The number of fused-ring (bicyclic) bond motifs is 1. The summed E-state index contributed by atoms with van der Waals surface area (Å²) in [5.41, 5.74) is 0.555. The third kappa shape index (κ3) is 3.79. The second-order valence-electron chi connectivity index (χ2n) is 6.83. The lowest BCUT2D eigenvalue weighted by atomic mass is 10.1. The van der Waals surface area contributed by atoms with E-state index in [1.165, 1.54) is 9.56 Å². The lowest BCUT2D eigenvalue weighted by Gasteiger charge is -2.34. The molecule has 6 nitrogen and oxygen atoms in total. The van der Waals surface area contributed by atoms with E-state index in [-0.39, 0.29) is 18.0 Å². The Balaban J connectivity index is 1.42. The zero-order valence-electron chi connectivity index (χ0n) is 15.3. The quantitative estimate of drug-likeness (QED) is 0.694. The van der Waals surface area contributed by atoms with E-state index in [0.717, 1.165) is 30.7 Å². The van der Waals surface area contributed by atoms with Crippen LogP contribution in [0, 0.1) is 6.92 Å². The van der Waals surface area contributed by atoms with Gasteiger partial charge in [0.2, 0.25) is 5.91 Å². The topological polar surface area (TPSA) is 58.4 Å². The Morgan fingerprint density at radius 1 is 1.07 bits per heavy atom. The number of aromatic nitrogens is 2. The monoisotopic (exact) mass is 382 g/mol. The highest BCUT2D eigenvalue weighted by atomic mass is 32.1. The molecule has 0 bridgehead atoms. The van der Waals surface area contributed by atoms with Gasteiger partial charge in [0.1, 0.15) is 6.54 Å². The number of nitrogens with zero attached hydrogens (tertiary/aromatic N) is 4. The lowest BCUT2D eigenvalue weighted by molar-refractivity contribution is -0.133. The minimum absolute atomic E-state index is 0.00453. The van der Waals surface area contributed by atoms with Crippen molar-refractivity contribution in [1.29, 1.82) is 0 Å². The molecule has 1 amide bonds. The molecule has 1 saturated heterocycles. The van der Waals surface area contributed by atoms with Crippen molar-refractivity contribution in [2.45, 2.75) is 20.0 Å². The smallest absolute Gasteiger partial charge is 0.275 e. The van der Waals surface area contributed by atoms with Crippen molar-refractivity contribution in [3.05, 3.63) is 62.7 Å². The molecule has 1 aliphatic heterocycles. The third-order valence-corrected chi connectivity index (χ3v) is 5.88. The molecule has 0 radical (unpaired) electrons. The van der Waals surface area contributed by atoms with Gasteiger partial charge in [0, 0.05) is 43.0 Å². The summed E-state index contributed by atoms with van der Waals surface area (Å²) in [4.78, 5) is 30.9. The van der Waals surface area contributed by atoms with Gasteiger partial charge in [-0.1, -0.05) is 24.3 Å². The van der Waals surface area contributed by atoms with E-state index in [0.29, 0.717) is 18.5 Å². The van der Waals surface area contributed by atoms with Crippen LogP contribution in [0.1, 0.15) is 10.6 Å². The molecule has 7 heteroatoms. The van der Waals surface area contributed by atoms with Crippen LogP contribution in [0.25, 0.3) is 10.8 Å². The number of amides is 1. The first-order valence-corrected chi connectivity index (χ1v) is 9.99. The molecule has 1 aromatic carbocycles. The summed E-state index contributed by atoms with van der Waals surface area (Å²) in [6.45, 7) is 5.87. The minimum atomic E-state index is -0.208. The number of rotatable bonds is 4. The molecule has 27 heavy (non-hydrogen) atoms. The SMILES string of the molecule is Cc1nn(CC(=O)N2CCN(Cc3cccs3)CC2)c(=O)c2ccccc12. The summed E-state index contributed by atoms with van der Waals surface area (Å²) in [5, 5.41) is 7.89. The predicted molar refractivity (Wildman–Crippen MR) is 107 cm³/mol. The maximum Gasteiger partial charge on any atom is 0.275 e. The zero-order valence-corrected chi connectivity index (χ0v) is 16.1. The van der Waals surface area contributed by atoms with Crippen LogP contribution in [0.3, 0.4) is 0 Å². The van der Waals surface area contributed by atoms with Crippen molar-refractivity contribution in [2.24, 2.45) is 0 Å². The predicted octanol–water partition coefficient (Wildman–Crippen LogP) is 2.11. The van der Waals surface area contributed by atoms with E-state index < -0.39 is 0 Å². The van der Waals surface area contributed by atoms with Gasteiger partial charge in [-0.3, -0.25) is 14.5 Å². The molecule has 3 heterocycles. The molecular formula is C20H22N4O2S. The van der Waals surface area contributed by atoms with E-state index in [2.05, 4.69) is 27.5 Å². The Labute approximate surface area is 161 Å². The Kier molecular flexibility index (Phi) is 5.05. The van der Waals surface area contributed by atoms with Crippen molar-refractivity contribution in [3.8, 4) is 0 Å². The average molecular weight is 382 g/mol. The summed E-state index contributed by atoms with van der Waals surface area (Å²) < 4.78 is 1.30. The highest BCUT2D eigenvalue weighted by Gasteiger charge is 2.22. The first-order chi connectivity index (χ1) is 13.1. The van der Waals surface area contributed by atoms with Gasteiger partial charge >= 0.3 is 0 Å². The van der Waals surface area contributed by atoms with Gasteiger partial charge in [-0.15, -0.1) is 11.3 Å². The fourth-order valence-corrected chi connectivity index (χ4v) is 4.26. The fraction of sp³-hybridized carbons (Fsp3) is 0.350. The normalized spacial score (nSPS) is 15.4. The zero-order chi connectivity index (χ0) is 18.8. The van der Waals surface area contributed by atoms with Gasteiger partial charge in [-0.2, -0.15) is 5.10 Å². The average Bonchev–Trinajstić information content (AvgIpc) is 3.19. The van der Waals surface area contributed by atoms with Crippen molar-refractivity contribution in [1.82, 2.24) is 19.6 Å². The minimum Gasteiger partial charge on any atom is -0.339 e. The molecule has 0 spiro atoms. The number of hydrogen-bond acceptors (Lipinski definition) is 5. The Morgan fingerprint density at radius 3 is 2.52 bits per heavy atom. The van der Waals surface area contributed by atoms with Crippen molar-refractivity contribution >= 4 is 28.0 Å². The standard InChI is InChI=1S/C20H22N4O2S/c1-15-17-6-2-3-7-18(17)20(26)24(21-15)14-19(25)23-10-8-22(9-11-23)13-16-5-4-12-27-16/h2-7,12H,8-11,13-14H2,1H3. The van der Waals surface area contributed by atoms with Gasteiger partial charge in [-0.25, -0.2) is 4.68 Å². The summed E-state index contributed by atoms with van der Waals surface area (Å²) in [6.07, 6.45) is 0. The van der Waals surface area contributed by atoms with Crippen LogP contribution < -0.4 is 5.56 Å². The number of carbonyl (C=O) groups is 1. The third-order valence-electron chi connectivity index (χ3n) is 5.02. The molecule has 2 aromatic heterocycles. The van der Waals surface area contributed by atoms with E-state index in [4.69, 9.17) is 0 Å². The van der Waals surface area contributed by atoms with Crippen LogP contribution >= 0.6 is 11.3 Å². The Bertz CT molecular complexity index is 1000. The van der Waals surface area contributed by atoms with E-state index in [1.54, 1.807) is 17.4 Å². The molecule has 0 saturated carbocycles. The van der Waals surface area contributed by atoms with Gasteiger partial charge in [0.15, 0.2) is 0 Å². The molecule has 1 fully saturated rings. The maximum absolute atomic E-state index is 12.7. The second-order valence-corrected chi connectivity index (χ2v) is 7.86. The second kappa shape index (κ2) is 7.62. The molecule has 3 aromatic rings. The molecular weight excluding hydrogens is 360 g/mol. The molecule has 0 N–H and O–H groups in total. The van der Waals surface area contributed by atoms with Crippen LogP contribution in [0.4, 0.5) is 0 Å². The Hall–Kier alpha value is -2.51. The molecule has 1 aliphatic rings. The van der Waals surface area contributed by atoms with Crippen molar-refractivity contribution < 1.29 is 4.79 Å². The maximum atomic E-state index is 12.7. The van der Waals surface area contributed by atoms with Crippen LogP contribution in [-0.2, 0) is 17.9 Å². The van der Waals surface area contributed by atoms with E-state index >= 15 is 0 Å². The molecule has 4 rings (SSSR count). The molecule has 0 aliphatic carbocycles. The largest absolute Gasteiger partial charge is 0.339 e. The van der Waals surface area contributed by atoms with Crippen LogP contribution in [-0.4, -0.2) is 51.7 Å². The summed E-state index contributed by atoms with van der Waals surface area (Å²) in [7, 11) is 0. The van der Waals surface area contributed by atoms with Crippen LogP contribution in [0.15, 0.2) is 46.6 Å². The number of piperazine rings is 1. The fourth-order valence-electron chi connectivity index (χ4n) is 3.52. The molecule has 140 valence electrons. The number of thiophene rings is 1. The first-order valence-electron chi connectivity index (χ1n) is 9.11. The highest BCUT2D eigenvalue weighted by molar-refractivity contribution is 7.09. The first kappa shape index (κ1) is 17.9. The lowest BCUT2D eigenvalue weighted by Crippen LogP contribution is -2.49. The number of aryl methyl sites for hydroxylation is 1. The van der Waals surface area contributed by atoms with Gasteiger partial charge < -0.3 is 4.90 Å². The number of hydrogen-bond donors (Lipinski definition) is 0. The molecule has 0 atom stereocenters. The summed E-state index contributed by atoms with van der Waals surface area (Å²) >= 11 is 1.76. The van der Waals surface area contributed by atoms with Gasteiger partial charge in [0.25, 0.3) is 5.56 Å². The van der Waals surface area contributed by atoms with Crippen molar-refractivity contribution in [2.75, 3.05) is 26.2 Å². The molecule has 0 unspecified atom stereocenters. The van der Waals surface area contributed by atoms with Gasteiger partial charge in [0.05, 0.1) is 11.1 Å².